The summed E-state index contributed by atoms with van der Waals surface area (Å²) >= 11 is 11.9. The minimum atomic E-state index is -3.61. The fourth-order valence-corrected chi connectivity index (χ4v) is 5.80. The number of halogens is 2. The van der Waals surface area contributed by atoms with Crippen LogP contribution in [0.1, 0.15) is 36.9 Å². The predicted molar refractivity (Wildman–Crippen MR) is 129 cm³/mol. The van der Waals surface area contributed by atoms with Crippen LogP contribution in [0.25, 0.3) is 0 Å². The van der Waals surface area contributed by atoms with E-state index in [2.05, 4.69) is 5.32 Å². The van der Waals surface area contributed by atoms with Crippen LogP contribution in [0.5, 0.6) is 11.5 Å². The Labute approximate surface area is 205 Å². The molecule has 1 heterocycles. The molecule has 10 heteroatoms. The van der Waals surface area contributed by atoms with Crippen molar-refractivity contribution >= 4 is 39.1 Å². The van der Waals surface area contributed by atoms with E-state index in [1.807, 2.05) is 19.1 Å². The second-order valence-corrected chi connectivity index (χ2v) is 10.8. The van der Waals surface area contributed by atoms with Gasteiger partial charge in [0.25, 0.3) is 0 Å². The first-order valence-electron chi connectivity index (χ1n) is 10.6. The van der Waals surface area contributed by atoms with E-state index in [0.717, 1.165) is 5.56 Å². The van der Waals surface area contributed by atoms with Crippen LogP contribution in [0.15, 0.2) is 36.4 Å². The Morgan fingerprint density at radius 3 is 2.52 bits per heavy atom. The second kappa shape index (κ2) is 11.0. The van der Waals surface area contributed by atoms with Gasteiger partial charge in [-0.25, -0.2) is 12.7 Å². The normalized spacial score (nSPS) is 17.9. The third-order valence-corrected chi connectivity index (χ3v) is 8.30. The van der Waals surface area contributed by atoms with E-state index in [-0.39, 0.29) is 24.2 Å². The molecular weight excluding hydrogens is 487 g/mol. The van der Waals surface area contributed by atoms with E-state index < -0.39 is 15.9 Å². The summed E-state index contributed by atoms with van der Waals surface area (Å²) in [5.41, 5.74) is 1.42. The Hall–Kier alpha value is -2.00. The van der Waals surface area contributed by atoms with Crippen LogP contribution in [0.3, 0.4) is 0 Å². The minimum absolute atomic E-state index is 0.147. The van der Waals surface area contributed by atoms with Crippen LogP contribution in [0.4, 0.5) is 0 Å². The van der Waals surface area contributed by atoms with Crippen LogP contribution in [0, 0.1) is 5.92 Å². The Bertz CT molecular complexity index is 1110. The quantitative estimate of drug-likeness (QED) is 0.563. The van der Waals surface area contributed by atoms with E-state index >= 15 is 0 Å². The lowest BCUT2D eigenvalue weighted by atomic mass is 9.98. The van der Waals surface area contributed by atoms with Gasteiger partial charge in [0, 0.05) is 13.1 Å². The first kappa shape index (κ1) is 25.6. The van der Waals surface area contributed by atoms with Gasteiger partial charge in [0.2, 0.25) is 15.9 Å². The number of methoxy groups -OCH3 is 2. The maximum Gasteiger partial charge on any atom is 0.224 e. The second-order valence-electron chi connectivity index (χ2n) is 8.05. The highest BCUT2D eigenvalue weighted by molar-refractivity contribution is 7.88. The van der Waals surface area contributed by atoms with Crippen molar-refractivity contribution in [2.24, 2.45) is 5.92 Å². The van der Waals surface area contributed by atoms with Gasteiger partial charge < -0.3 is 14.8 Å². The summed E-state index contributed by atoms with van der Waals surface area (Å²) in [7, 11) is -0.490. The summed E-state index contributed by atoms with van der Waals surface area (Å²) < 4.78 is 38.0. The molecule has 2 aromatic carbocycles. The third-order valence-electron chi connectivity index (χ3n) is 5.75. The van der Waals surface area contributed by atoms with Gasteiger partial charge in [-0.15, -0.1) is 0 Å². The molecule has 180 valence electrons. The molecule has 1 N–H and O–H groups in total. The predicted octanol–water partition coefficient (Wildman–Crippen LogP) is 4.43. The molecule has 1 fully saturated rings. The largest absolute Gasteiger partial charge is 0.493 e. The van der Waals surface area contributed by atoms with Gasteiger partial charge in [-0.3, -0.25) is 4.79 Å². The molecule has 0 radical (unpaired) electrons. The number of piperidine rings is 1. The van der Waals surface area contributed by atoms with Gasteiger partial charge in [-0.1, -0.05) is 35.3 Å². The van der Waals surface area contributed by atoms with E-state index in [1.54, 1.807) is 38.5 Å². The van der Waals surface area contributed by atoms with Crippen LogP contribution in [0.2, 0.25) is 10.0 Å². The number of carbonyl (C=O) groups is 1. The number of carbonyl (C=O) groups excluding carboxylic acids is 1. The first-order chi connectivity index (χ1) is 15.6. The molecule has 1 amide bonds. The summed E-state index contributed by atoms with van der Waals surface area (Å²) in [4.78, 5) is 13.0. The first-order valence-corrected chi connectivity index (χ1v) is 12.9. The van der Waals surface area contributed by atoms with Crippen LogP contribution < -0.4 is 14.8 Å². The highest BCUT2D eigenvalue weighted by atomic mass is 35.5. The Morgan fingerprint density at radius 1 is 1.12 bits per heavy atom. The van der Waals surface area contributed by atoms with Crippen molar-refractivity contribution in [3.8, 4) is 11.5 Å². The zero-order valence-corrected chi connectivity index (χ0v) is 21.1. The van der Waals surface area contributed by atoms with Crippen LogP contribution in [-0.2, 0) is 20.6 Å². The van der Waals surface area contributed by atoms with Gasteiger partial charge >= 0.3 is 0 Å². The van der Waals surface area contributed by atoms with Gasteiger partial charge in [0.15, 0.2) is 11.5 Å². The van der Waals surface area contributed by atoms with Crippen molar-refractivity contribution in [3.63, 3.8) is 0 Å². The van der Waals surface area contributed by atoms with E-state index in [0.29, 0.717) is 46.5 Å². The highest BCUT2D eigenvalue weighted by Crippen LogP contribution is 2.30. The SMILES string of the molecule is COc1ccc([C@@H](C)NC(=O)[C@@H]2CCCN(S(=O)(=O)Cc3ccc(Cl)c(Cl)c3)C2)cc1OC. The lowest BCUT2D eigenvalue weighted by Gasteiger charge is -2.32. The molecule has 1 aliphatic heterocycles. The number of sulfonamides is 1. The molecule has 0 unspecified atom stereocenters. The molecule has 2 atom stereocenters. The average Bonchev–Trinajstić information content (AvgIpc) is 2.80. The molecule has 0 bridgehead atoms. The molecule has 2 aromatic rings. The molecule has 0 saturated carbocycles. The fraction of sp³-hybridized carbons (Fsp3) is 0.435. The summed E-state index contributed by atoms with van der Waals surface area (Å²) in [5.74, 6) is 0.389. The maximum atomic E-state index is 13.0. The van der Waals surface area contributed by atoms with Gasteiger partial charge in [-0.2, -0.15) is 0 Å². The molecule has 0 aliphatic carbocycles. The molecule has 7 nitrogen and oxygen atoms in total. The maximum absolute atomic E-state index is 13.0. The zero-order valence-electron chi connectivity index (χ0n) is 18.8. The smallest absolute Gasteiger partial charge is 0.224 e. The number of rotatable bonds is 8. The number of ether oxygens (including phenoxy) is 2. The monoisotopic (exact) mass is 514 g/mol. The summed E-state index contributed by atoms with van der Waals surface area (Å²) in [6, 6.07) is 9.97. The Balaban J connectivity index is 1.65. The van der Waals surface area contributed by atoms with Gasteiger partial charge in [0.1, 0.15) is 0 Å². The molecule has 1 aliphatic rings. The Morgan fingerprint density at radius 2 is 1.85 bits per heavy atom. The van der Waals surface area contributed by atoms with Crippen molar-refractivity contribution in [1.82, 2.24) is 9.62 Å². The topological polar surface area (TPSA) is 84.9 Å². The molecule has 0 aromatic heterocycles. The molecule has 1 saturated heterocycles. The van der Waals surface area contributed by atoms with Gasteiger partial charge in [-0.05, 0) is 55.2 Å². The molecule has 33 heavy (non-hydrogen) atoms. The van der Waals surface area contributed by atoms with Crippen LogP contribution >= 0.6 is 23.2 Å². The fourth-order valence-electron chi connectivity index (χ4n) is 3.88. The standard InChI is InChI=1S/C23H28Cl2N2O5S/c1-15(17-7-9-21(31-2)22(12-17)32-3)26-23(28)18-5-4-10-27(13-18)33(29,30)14-16-6-8-19(24)20(25)11-16/h6-9,11-12,15,18H,4-5,10,13-14H2,1-3H3,(H,26,28)/t15-,18-/m1/s1. The van der Waals surface area contributed by atoms with Crippen molar-refractivity contribution in [3.05, 3.63) is 57.6 Å². The number of amides is 1. The number of hydrogen-bond acceptors (Lipinski definition) is 5. The van der Waals surface area contributed by atoms with Crippen LogP contribution in [-0.4, -0.2) is 45.9 Å². The molecule has 0 spiro atoms. The average molecular weight is 515 g/mol. The summed E-state index contributed by atoms with van der Waals surface area (Å²) in [5, 5.41) is 3.68. The molecule has 3 rings (SSSR count). The van der Waals surface area contributed by atoms with Gasteiger partial charge in [0.05, 0.1) is 42.0 Å². The number of nitrogens with zero attached hydrogens (tertiary/aromatic N) is 1. The Kier molecular flexibility index (Phi) is 8.50. The number of nitrogens with one attached hydrogen (secondary N) is 1. The van der Waals surface area contributed by atoms with Crippen molar-refractivity contribution in [2.45, 2.75) is 31.6 Å². The van der Waals surface area contributed by atoms with E-state index in [1.165, 1.54) is 4.31 Å². The third kappa shape index (κ3) is 6.32. The summed E-state index contributed by atoms with van der Waals surface area (Å²) in [6.07, 6.45) is 1.24. The van der Waals surface area contributed by atoms with Crippen molar-refractivity contribution in [1.29, 1.82) is 0 Å². The molecular formula is C23H28Cl2N2O5S. The lowest BCUT2D eigenvalue weighted by molar-refractivity contribution is -0.126. The lowest BCUT2D eigenvalue weighted by Crippen LogP contribution is -2.46. The zero-order chi connectivity index (χ0) is 24.2. The van der Waals surface area contributed by atoms with Crippen molar-refractivity contribution < 1.29 is 22.7 Å². The van der Waals surface area contributed by atoms with E-state index in [4.69, 9.17) is 32.7 Å². The van der Waals surface area contributed by atoms with Crippen molar-refractivity contribution in [2.75, 3.05) is 27.3 Å². The van der Waals surface area contributed by atoms with E-state index in [9.17, 15) is 13.2 Å². The highest BCUT2D eigenvalue weighted by Gasteiger charge is 2.33. The number of benzene rings is 2. The minimum Gasteiger partial charge on any atom is -0.493 e. The number of hydrogen-bond donors (Lipinski definition) is 1. The summed E-state index contributed by atoms with van der Waals surface area (Å²) in [6.45, 7) is 2.41.